The lowest BCUT2D eigenvalue weighted by molar-refractivity contribution is -0.179. The number of carbonyl (C=O) groups is 4. The Morgan fingerprint density at radius 1 is 0.867 bits per heavy atom. The molecule has 0 saturated carbocycles. The van der Waals surface area contributed by atoms with Crippen molar-refractivity contribution >= 4 is 23.9 Å². The number of aryl methyl sites for hydroxylation is 1. The van der Waals surface area contributed by atoms with Gasteiger partial charge in [-0.05, 0) is 12.5 Å². The maximum atomic E-state index is 11.9. The lowest BCUT2D eigenvalue weighted by atomic mass is 9.87. The van der Waals surface area contributed by atoms with Gasteiger partial charge in [0.2, 0.25) is 0 Å². The number of benzene rings is 1. The highest BCUT2D eigenvalue weighted by atomic mass is 16.7. The lowest BCUT2D eigenvalue weighted by Crippen LogP contribution is -2.48. The predicted molar refractivity (Wildman–Crippen MR) is 102 cm³/mol. The second-order valence-corrected chi connectivity index (χ2v) is 7.10. The summed E-state index contributed by atoms with van der Waals surface area (Å²) in [6.45, 7) is 6.20. The van der Waals surface area contributed by atoms with E-state index in [1.54, 1.807) is 12.1 Å². The van der Waals surface area contributed by atoms with Gasteiger partial charge in [0.15, 0.2) is 17.8 Å². The maximum Gasteiger partial charge on any atom is 0.303 e. The molecular weight excluding hydrogens is 396 g/mol. The van der Waals surface area contributed by atoms with Crippen LogP contribution in [-0.2, 0) is 48.5 Å². The van der Waals surface area contributed by atoms with Crippen LogP contribution in [0.25, 0.3) is 0 Å². The van der Waals surface area contributed by atoms with E-state index in [0.29, 0.717) is 5.56 Å². The van der Waals surface area contributed by atoms with E-state index in [4.69, 9.17) is 23.7 Å². The molecule has 0 aliphatic carbocycles. The first-order valence-electron chi connectivity index (χ1n) is 9.41. The van der Waals surface area contributed by atoms with E-state index in [1.807, 2.05) is 19.1 Å². The van der Waals surface area contributed by atoms with Crippen molar-refractivity contribution in [1.82, 2.24) is 0 Å². The van der Waals surface area contributed by atoms with Crippen LogP contribution >= 0.6 is 0 Å². The Labute approximate surface area is 174 Å². The van der Waals surface area contributed by atoms with Crippen LogP contribution in [0, 0.1) is 6.92 Å². The van der Waals surface area contributed by atoms with Crippen LogP contribution in [0.2, 0.25) is 0 Å². The van der Waals surface area contributed by atoms with Gasteiger partial charge in [-0.15, -0.1) is 0 Å². The predicted octanol–water partition coefficient (Wildman–Crippen LogP) is 1.58. The van der Waals surface area contributed by atoms with E-state index in [9.17, 15) is 19.2 Å². The molecule has 0 spiro atoms. The number of hydrogen-bond acceptors (Lipinski definition) is 9. The van der Waals surface area contributed by atoms with Crippen LogP contribution in [0.15, 0.2) is 24.3 Å². The first-order valence-corrected chi connectivity index (χ1v) is 9.41. The summed E-state index contributed by atoms with van der Waals surface area (Å²) in [5, 5.41) is 0. The van der Waals surface area contributed by atoms with Gasteiger partial charge < -0.3 is 23.7 Å². The number of rotatable bonds is 7. The molecule has 164 valence electrons. The van der Waals surface area contributed by atoms with Crippen LogP contribution in [0.4, 0.5) is 0 Å². The Bertz CT molecular complexity index is 801. The molecule has 0 aromatic heterocycles. The van der Waals surface area contributed by atoms with E-state index in [0.717, 1.165) is 5.56 Å². The minimum atomic E-state index is -1.48. The minimum Gasteiger partial charge on any atom is -0.463 e. The van der Waals surface area contributed by atoms with E-state index in [1.165, 1.54) is 27.7 Å². The third-order valence-corrected chi connectivity index (χ3v) is 4.56. The molecule has 1 aliphatic rings. The fourth-order valence-electron chi connectivity index (χ4n) is 3.34. The fourth-order valence-corrected chi connectivity index (χ4v) is 3.34. The van der Waals surface area contributed by atoms with Gasteiger partial charge in [-0.1, -0.05) is 29.8 Å². The number of hydrogen-bond donors (Lipinski definition) is 0. The van der Waals surface area contributed by atoms with Gasteiger partial charge >= 0.3 is 23.9 Å². The standard InChI is InChI=1S/C21H26O9/c1-12-6-8-17(9-7-12)21(11-27-14(3)23)20(29-16(5)25)19(28-15(4)24)18(30-21)10-26-13(2)22/h6-9,18-20H,10-11H2,1-5H3/t18-,19+,20-,21-/m0/s1. The summed E-state index contributed by atoms with van der Waals surface area (Å²) in [6.07, 6.45) is -3.21. The van der Waals surface area contributed by atoms with Gasteiger partial charge in [-0.2, -0.15) is 0 Å². The molecule has 1 fully saturated rings. The van der Waals surface area contributed by atoms with Crippen LogP contribution < -0.4 is 0 Å². The highest BCUT2D eigenvalue weighted by Crippen LogP contribution is 2.44. The molecule has 1 aromatic rings. The van der Waals surface area contributed by atoms with Gasteiger partial charge in [0.1, 0.15) is 19.3 Å². The Hall–Kier alpha value is -2.94. The van der Waals surface area contributed by atoms with Gasteiger partial charge in [0.25, 0.3) is 0 Å². The highest BCUT2D eigenvalue weighted by molar-refractivity contribution is 5.68. The summed E-state index contributed by atoms with van der Waals surface area (Å²) in [6, 6.07) is 7.13. The summed E-state index contributed by atoms with van der Waals surface area (Å²) in [5.41, 5.74) is 0.0372. The molecule has 30 heavy (non-hydrogen) atoms. The van der Waals surface area contributed by atoms with Gasteiger partial charge in [-0.3, -0.25) is 19.2 Å². The highest BCUT2D eigenvalue weighted by Gasteiger charge is 2.61. The summed E-state index contributed by atoms with van der Waals surface area (Å²) in [4.78, 5) is 46.6. The largest absolute Gasteiger partial charge is 0.463 e. The number of carbonyl (C=O) groups excluding carboxylic acids is 4. The second-order valence-electron chi connectivity index (χ2n) is 7.10. The van der Waals surface area contributed by atoms with Crippen molar-refractivity contribution in [3.8, 4) is 0 Å². The summed E-state index contributed by atoms with van der Waals surface area (Å²) in [7, 11) is 0. The van der Waals surface area contributed by atoms with Crippen molar-refractivity contribution in [2.45, 2.75) is 58.5 Å². The first kappa shape index (κ1) is 23.3. The molecule has 9 nitrogen and oxygen atoms in total. The average molecular weight is 422 g/mol. The van der Waals surface area contributed by atoms with Crippen LogP contribution in [0.1, 0.15) is 38.8 Å². The molecule has 9 heteroatoms. The van der Waals surface area contributed by atoms with E-state index < -0.39 is 47.8 Å². The van der Waals surface area contributed by atoms with Gasteiger partial charge in [0.05, 0.1) is 0 Å². The topological polar surface area (TPSA) is 114 Å². The number of ether oxygens (including phenoxy) is 5. The van der Waals surface area contributed by atoms with Crippen molar-refractivity contribution in [3.63, 3.8) is 0 Å². The van der Waals surface area contributed by atoms with E-state index >= 15 is 0 Å². The summed E-state index contributed by atoms with van der Waals surface area (Å²) < 4.78 is 27.4. The molecular formula is C21H26O9. The van der Waals surface area contributed by atoms with Crippen molar-refractivity contribution in [2.24, 2.45) is 0 Å². The molecule has 0 amide bonds. The molecule has 0 N–H and O–H groups in total. The third-order valence-electron chi connectivity index (χ3n) is 4.56. The quantitative estimate of drug-likeness (QED) is 0.477. The monoisotopic (exact) mass is 422 g/mol. The minimum absolute atomic E-state index is 0.251. The Kier molecular flexibility index (Phi) is 7.55. The molecule has 1 saturated heterocycles. The Morgan fingerprint density at radius 2 is 1.43 bits per heavy atom. The molecule has 1 aromatic carbocycles. The zero-order valence-electron chi connectivity index (χ0n) is 17.6. The number of esters is 4. The molecule has 0 radical (unpaired) electrons. The summed E-state index contributed by atoms with van der Waals surface area (Å²) >= 11 is 0. The van der Waals surface area contributed by atoms with Gasteiger partial charge in [-0.25, -0.2) is 0 Å². The molecule has 0 unspecified atom stereocenters. The average Bonchev–Trinajstić information content (AvgIpc) is 2.92. The van der Waals surface area contributed by atoms with Crippen LogP contribution in [-0.4, -0.2) is 55.4 Å². The normalized spacial score (nSPS) is 25.3. The molecule has 1 aliphatic heterocycles. The lowest BCUT2D eigenvalue weighted by Gasteiger charge is -2.34. The Morgan fingerprint density at radius 3 is 1.93 bits per heavy atom. The zero-order chi connectivity index (χ0) is 22.5. The van der Waals surface area contributed by atoms with Crippen LogP contribution in [0.5, 0.6) is 0 Å². The first-order chi connectivity index (χ1) is 14.0. The van der Waals surface area contributed by atoms with E-state index in [-0.39, 0.29) is 13.2 Å². The van der Waals surface area contributed by atoms with Crippen LogP contribution in [0.3, 0.4) is 0 Å². The SMILES string of the molecule is CC(=O)OC[C@@H]1O[C@@](COC(C)=O)(c2ccc(C)cc2)[C@@H](OC(C)=O)[C@@H]1OC(C)=O. The smallest absolute Gasteiger partial charge is 0.303 e. The van der Waals surface area contributed by atoms with E-state index in [2.05, 4.69) is 0 Å². The third kappa shape index (κ3) is 5.56. The van der Waals surface area contributed by atoms with Crippen molar-refractivity contribution in [1.29, 1.82) is 0 Å². The maximum absolute atomic E-state index is 11.9. The molecule has 2 rings (SSSR count). The molecule has 0 bridgehead atoms. The van der Waals surface area contributed by atoms with Crippen molar-refractivity contribution < 1.29 is 42.9 Å². The van der Waals surface area contributed by atoms with Crippen molar-refractivity contribution in [3.05, 3.63) is 35.4 Å². The summed E-state index contributed by atoms with van der Waals surface area (Å²) in [5.74, 6) is -2.41. The molecule has 4 atom stereocenters. The van der Waals surface area contributed by atoms with Crippen molar-refractivity contribution in [2.75, 3.05) is 13.2 Å². The zero-order valence-corrected chi connectivity index (χ0v) is 17.6. The fraction of sp³-hybridized carbons (Fsp3) is 0.524. The molecule has 1 heterocycles. The Balaban J connectivity index is 2.58. The second kappa shape index (κ2) is 9.71. The van der Waals surface area contributed by atoms with Gasteiger partial charge in [0, 0.05) is 27.7 Å².